The van der Waals surface area contributed by atoms with Gasteiger partial charge in [0, 0.05) is 13.2 Å². The molecule has 6 heteroatoms. The summed E-state index contributed by atoms with van der Waals surface area (Å²) in [5.74, 6) is -0.312. The number of alkyl halides is 3. The highest BCUT2D eigenvalue weighted by atomic mass is 19.4. The smallest absolute Gasteiger partial charge is 0.373 e. The van der Waals surface area contributed by atoms with Crippen molar-refractivity contribution in [2.75, 3.05) is 12.4 Å². The molecule has 0 fully saturated rings. The standard InChI is InChI=1S/C9H9F3N2O/c1-5(15)7-3-6(9(10,11)12)4-14-8(7)13-2/h3-4H,1-2H3,(H,13,14). The second-order valence-electron chi connectivity index (χ2n) is 2.92. The summed E-state index contributed by atoms with van der Waals surface area (Å²) in [6.45, 7) is 1.19. The maximum atomic E-state index is 12.3. The Balaban J connectivity index is 3.28. The molecule has 0 saturated heterocycles. The van der Waals surface area contributed by atoms with Gasteiger partial charge < -0.3 is 5.32 Å². The van der Waals surface area contributed by atoms with Gasteiger partial charge in [-0.2, -0.15) is 13.2 Å². The third kappa shape index (κ3) is 2.45. The summed E-state index contributed by atoms with van der Waals surface area (Å²) in [5, 5.41) is 2.56. The van der Waals surface area contributed by atoms with E-state index in [2.05, 4.69) is 10.3 Å². The van der Waals surface area contributed by atoms with Crippen molar-refractivity contribution in [1.29, 1.82) is 0 Å². The van der Waals surface area contributed by atoms with Crippen LogP contribution in [-0.2, 0) is 6.18 Å². The topological polar surface area (TPSA) is 42.0 Å². The van der Waals surface area contributed by atoms with Crippen molar-refractivity contribution < 1.29 is 18.0 Å². The Kier molecular flexibility index (Phi) is 2.97. The van der Waals surface area contributed by atoms with E-state index in [1.807, 2.05) is 0 Å². The van der Waals surface area contributed by atoms with Crippen LogP contribution in [0.25, 0.3) is 0 Å². The number of rotatable bonds is 2. The molecule has 0 radical (unpaired) electrons. The summed E-state index contributed by atoms with van der Waals surface area (Å²) in [5.41, 5.74) is -0.987. The summed E-state index contributed by atoms with van der Waals surface area (Å²) in [6, 6.07) is 0.793. The average molecular weight is 218 g/mol. The van der Waals surface area contributed by atoms with Crippen LogP contribution < -0.4 is 5.32 Å². The second-order valence-corrected chi connectivity index (χ2v) is 2.92. The van der Waals surface area contributed by atoms with E-state index in [4.69, 9.17) is 0 Å². The van der Waals surface area contributed by atoms with E-state index in [0.717, 1.165) is 6.07 Å². The van der Waals surface area contributed by atoms with Crippen molar-refractivity contribution >= 4 is 11.6 Å². The number of carbonyl (C=O) groups is 1. The lowest BCUT2D eigenvalue weighted by molar-refractivity contribution is -0.137. The first-order valence-corrected chi connectivity index (χ1v) is 4.12. The molecule has 0 unspecified atom stereocenters. The van der Waals surface area contributed by atoms with Crippen LogP contribution in [0, 0.1) is 0 Å². The minimum Gasteiger partial charge on any atom is -0.373 e. The molecule has 1 aromatic rings. The van der Waals surface area contributed by atoms with Crippen LogP contribution in [0.3, 0.4) is 0 Å². The van der Waals surface area contributed by atoms with Crippen molar-refractivity contribution in [3.8, 4) is 0 Å². The average Bonchev–Trinajstić information content (AvgIpc) is 2.15. The molecular formula is C9H9F3N2O. The molecule has 0 atom stereocenters. The molecule has 1 N–H and O–H groups in total. The van der Waals surface area contributed by atoms with Gasteiger partial charge in [-0.3, -0.25) is 4.79 Å². The van der Waals surface area contributed by atoms with Crippen molar-refractivity contribution in [1.82, 2.24) is 4.98 Å². The zero-order chi connectivity index (χ0) is 11.6. The van der Waals surface area contributed by atoms with Gasteiger partial charge in [0.2, 0.25) is 0 Å². The normalized spacial score (nSPS) is 11.3. The van der Waals surface area contributed by atoms with Crippen LogP contribution in [0.1, 0.15) is 22.8 Å². The maximum absolute atomic E-state index is 12.3. The van der Waals surface area contributed by atoms with Gasteiger partial charge in [0.1, 0.15) is 5.82 Å². The van der Waals surface area contributed by atoms with Crippen LogP contribution in [0.4, 0.5) is 19.0 Å². The summed E-state index contributed by atoms with van der Waals surface area (Å²) in [7, 11) is 1.49. The van der Waals surface area contributed by atoms with Gasteiger partial charge in [0.15, 0.2) is 5.78 Å². The fraction of sp³-hybridized carbons (Fsp3) is 0.333. The number of ketones is 1. The van der Waals surface area contributed by atoms with Crippen molar-refractivity contribution in [3.05, 3.63) is 23.4 Å². The van der Waals surface area contributed by atoms with Gasteiger partial charge in [0.05, 0.1) is 11.1 Å². The number of anilines is 1. The molecule has 82 valence electrons. The van der Waals surface area contributed by atoms with Crippen LogP contribution in [-0.4, -0.2) is 17.8 Å². The van der Waals surface area contributed by atoms with Gasteiger partial charge in [-0.05, 0) is 13.0 Å². The predicted octanol–water partition coefficient (Wildman–Crippen LogP) is 2.34. The number of nitrogens with one attached hydrogen (secondary N) is 1. The van der Waals surface area contributed by atoms with E-state index in [9.17, 15) is 18.0 Å². The molecule has 0 aliphatic carbocycles. The molecule has 1 heterocycles. The number of Topliss-reactive ketones (excluding diaryl/α,β-unsaturated/α-hetero) is 1. The molecule has 0 bridgehead atoms. The minimum absolute atomic E-state index is 0.0627. The van der Waals surface area contributed by atoms with Crippen molar-refractivity contribution in [3.63, 3.8) is 0 Å². The second kappa shape index (κ2) is 3.88. The monoisotopic (exact) mass is 218 g/mol. The fourth-order valence-electron chi connectivity index (χ4n) is 1.09. The van der Waals surface area contributed by atoms with Crippen molar-refractivity contribution in [2.24, 2.45) is 0 Å². The zero-order valence-electron chi connectivity index (χ0n) is 8.14. The Hall–Kier alpha value is -1.59. The number of carbonyl (C=O) groups excluding carboxylic acids is 1. The first-order valence-electron chi connectivity index (χ1n) is 4.12. The van der Waals surface area contributed by atoms with E-state index in [1.165, 1.54) is 14.0 Å². The Bertz CT molecular complexity index is 387. The minimum atomic E-state index is -4.48. The van der Waals surface area contributed by atoms with E-state index in [-0.39, 0.29) is 11.4 Å². The number of aromatic nitrogens is 1. The van der Waals surface area contributed by atoms with Crippen LogP contribution in [0.2, 0.25) is 0 Å². The number of pyridine rings is 1. The SMILES string of the molecule is CNc1ncc(C(F)(F)F)cc1C(C)=O. The molecular weight excluding hydrogens is 209 g/mol. The molecule has 0 amide bonds. The highest BCUT2D eigenvalue weighted by Crippen LogP contribution is 2.30. The highest BCUT2D eigenvalue weighted by Gasteiger charge is 2.32. The molecule has 15 heavy (non-hydrogen) atoms. The molecule has 0 aliphatic rings. The fourth-order valence-corrected chi connectivity index (χ4v) is 1.09. The summed E-state index contributed by atoms with van der Waals surface area (Å²) >= 11 is 0. The van der Waals surface area contributed by atoms with Crippen LogP contribution in [0.5, 0.6) is 0 Å². The van der Waals surface area contributed by atoms with Crippen LogP contribution >= 0.6 is 0 Å². The van der Waals surface area contributed by atoms with Gasteiger partial charge in [-0.25, -0.2) is 4.98 Å². The third-order valence-electron chi connectivity index (χ3n) is 1.83. The molecule has 1 aromatic heterocycles. The Labute approximate surface area is 84.3 Å². The lowest BCUT2D eigenvalue weighted by Crippen LogP contribution is -2.10. The maximum Gasteiger partial charge on any atom is 0.417 e. The first kappa shape index (κ1) is 11.5. The highest BCUT2D eigenvalue weighted by molar-refractivity contribution is 5.98. The molecule has 0 aliphatic heterocycles. The van der Waals surface area contributed by atoms with Gasteiger partial charge in [-0.15, -0.1) is 0 Å². The molecule has 1 rings (SSSR count). The Morgan fingerprint density at radius 3 is 2.47 bits per heavy atom. The lowest BCUT2D eigenvalue weighted by Gasteiger charge is -2.10. The number of nitrogens with zero attached hydrogens (tertiary/aromatic N) is 1. The third-order valence-corrected chi connectivity index (χ3v) is 1.83. The molecule has 0 spiro atoms. The summed E-state index contributed by atoms with van der Waals surface area (Å²) in [6.07, 6.45) is -3.79. The van der Waals surface area contributed by atoms with Gasteiger partial charge in [-0.1, -0.05) is 0 Å². The Morgan fingerprint density at radius 2 is 2.07 bits per heavy atom. The van der Waals surface area contributed by atoms with Crippen LogP contribution in [0.15, 0.2) is 12.3 Å². The number of halogens is 3. The van der Waals surface area contributed by atoms with E-state index in [0.29, 0.717) is 6.20 Å². The Morgan fingerprint density at radius 1 is 1.47 bits per heavy atom. The largest absolute Gasteiger partial charge is 0.417 e. The predicted molar refractivity (Wildman–Crippen MR) is 48.8 cm³/mol. The van der Waals surface area contributed by atoms with E-state index in [1.54, 1.807) is 0 Å². The quantitative estimate of drug-likeness (QED) is 0.774. The molecule has 0 saturated carbocycles. The van der Waals surface area contributed by atoms with Gasteiger partial charge in [0.25, 0.3) is 0 Å². The molecule has 0 aromatic carbocycles. The van der Waals surface area contributed by atoms with E-state index >= 15 is 0 Å². The first-order chi connectivity index (χ1) is 6.86. The summed E-state index contributed by atoms with van der Waals surface area (Å²) < 4.78 is 36.9. The van der Waals surface area contributed by atoms with Gasteiger partial charge >= 0.3 is 6.18 Å². The summed E-state index contributed by atoms with van der Waals surface area (Å²) in [4.78, 5) is 14.6. The number of hydrogen-bond acceptors (Lipinski definition) is 3. The zero-order valence-corrected chi connectivity index (χ0v) is 8.14. The molecule has 3 nitrogen and oxygen atoms in total. The van der Waals surface area contributed by atoms with Crippen molar-refractivity contribution in [2.45, 2.75) is 13.1 Å². The lowest BCUT2D eigenvalue weighted by atomic mass is 10.1. The van der Waals surface area contributed by atoms with E-state index < -0.39 is 17.5 Å². The number of hydrogen-bond donors (Lipinski definition) is 1.